The van der Waals surface area contributed by atoms with E-state index in [0.29, 0.717) is 70.1 Å². The maximum Gasteiger partial charge on any atom is 0.309 e. The van der Waals surface area contributed by atoms with E-state index in [4.69, 9.17) is 33.2 Å². The summed E-state index contributed by atoms with van der Waals surface area (Å²) in [5, 5.41) is 23.7. The van der Waals surface area contributed by atoms with E-state index in [1.165, 1.54) is 0 Å². The summed E-state index contributed by atoms with van der Waals surface area (Å²) < 4.78 is 3.76. The minimum atomic E-state index is -0.628. The van der Waals surface area contributed by atoms with Crippen molar-refractivity contribution in [2.75, 3.05) is 31.5 Å². The summed E-state index contributed by atoms with van der Waals surface area (Å²) in [6.45, 7) is 6.34. The molecule has 2 aromatic heterocycles. The summed E-state index contributed by atoms with van der Waals surface area (Å²) in [6.07, 6.45) is 7.24. The lowest BCUT2D eigenvalue weighted by Gasteiger charge is -2.32. The van der Waals surface area contributed by atoms with Gasteiger partial charge in [0, 0.05) is 88.6 Å². The van der Waals surface area contributed by atoms with E-state index in [1.807, 2.05) is 60.5 Å². The first-order valence-electron chi connectivity index (χ1n) is 20.2. The molecule has 0 saturated heterocycles. The summed E-state index contributed by atoms with van der Waals surface area (Å²) in [6, 6.07) is 10.9. The summed E-state index contributed by atoms with van der Waals surface area (Å²) in [5.41, 5.74) is 5.79. The molecule has 14 heteroatoms. The number of ketones is 1. The van der Waals surface area contributed by atoms with Crippen LogP contribution in [0.5, 0.6) is 0 Å². The molecular weight excluding hydrogens is 765 g/mol. The number of halogens is 2. The maximum absolute atomic E-state index is 13.8. The Labute approximate surface area is 343 Å². The van der Waals surface area contributed by atoms with E-state index >= 15 is 0 Å². The molecule has 302 valence electrons. The SMILES string of the molecule is CC[C@H](O)CN1CCc2c(nc(C(=O)Cc3cccc(-c4cccc(NC(=O)c5nc6c(n5C)CCN(CCC57CCC(C(=O)O)(CC5)C7)C6)c4Cl)c3Cl)n2C)C1. The highest BCUT2D eigenvalue weighted by Crippen LogP contribution is 2.63. The molecule has 1 atom stereocenters. The van der Waals surface area contributed by atoms with Gasteiger partial charge in [-0.2, -0.15) is 0 Å². The van der Waals surface area contributed by atoms with Gasteiger partial charge in [-0.05, 0) is 68.5 Å². The fourth-order valence-electron chi connectivity index (χ4n) is 9.94. The number of nitrogens with one attached hydrogen (secondary N) is 1. The average Bonchev–Trinajstić information content (AvgIpc) is 3.96. The Balaban J connectivity index is 0.934. The van der Waals surface area contributed by atoms with Gasteiger partial charge in [-0.25, -0.2) is 9.97 Å². The fraction of sp³-hybridized carbons (Fsp3) is 0.512. The van der Waals surface area contributed by atoms with E-state index in [-0.39, 0.29) is 29.6 Å². The molecule has 0 spiro atoms. The minimum absolute atomic E-state index is 0.0518. The Hall–Kier alpha value is -4.07. The van der Waals surface area contributed by atoms with Gasteiger partial charge in [-0.1, -0.05) is 60.5 Å². The number of hydrogen-bond donors (Lipinski definition) is 3. The normalized spacial score (nSPS) is 22.4. The first-order valence-corrected chi connectivity index (χ1v) is 20.9. The lowest BCUT2D eigenvalue weighted by molar-refractivity contribution is -0.148. The van der Waals surface area contributed by atoms with Crippen molar-refractivity contribution < 1.29 is 24.6 Å². The van der Waals surface area contributed by atoms with E-state index < -0.39 is 11.4 Å². The van der Waals surface area contributed by atoms with Crippen LogP contribution in [0.3, 0.4) is 0 Å². The number of amides is 1. The molecular formula is C43H51Cl2N7O5. The Morgan fingerprint density at radius 3 is 2.14 bits per heavy atom. The van der Waals surface area contributed by atoms with Crippen molar-refractivity contribution in [3.63, 3.8) is 0 Å². The van der Waals surface area contributed by atoms with Crippen molar-refractivity contribution in [1.82, 2.24) is 28.9 Å². The van der Waals surface area contributed by atoms with Gasteiger partial charge in [0.15, 0.2) is 11.6 Å². The third-order valence-corrected chi connectivity index (χ3v) is 14.3. The van der Waals surface area contributed by atoms with Crippen LogP contribution < -0.4 is 5.32 Å². The van der Waals surface area contributed by atoms with Gasteiger partial charge in [0.25, 0.3) is 5.91 Å². The predicted molar refractivity (Wildman–Crippen MR) is 219 cm³/mol. The topological polar surface area (TPSA) is 146 Å². The fourth-order valence-corrected chi connectivity index (χ4v) is 10.5. The number of fused-ring (bicyclic) bond motifs is 4. The molecule has 2 bridgehead atoms. The van der Waals surface area contributed by atoms with E-state index in [1.54, 1.807) is 6.07 Å². The van der Waals surface area contributed by atoms with Gasteiger partial charge in [-0.15, -0.1) is 0 Å². The van der Waals surface area contributed by atoms with E-state index in [9.17, 15) is 24.6 Å². The number of carbonyl (C=O) groups excluding carboxylic acids is 2. The molecule has 4 heterocycles. The zero-order valence-electron chi connectivity index (χ0n) is 32.9. The number of aliphatic hydroxyl groups is 1. The standard InChI is InChI=1S/C43H51Cl2N7O5/c1-4-27(53)22-52-19-12-33-32(24-52)46-38(49(33)2)35(54)21-26-7-5-8-28(36(26)44)29-9-6-10-30(37(29)45)48-40(55)39-47-31-23-51(18-11-34(31)50(39)3)20-17-42-13-15-43(25-42,16-14-42)41(56)57/h5-10,27,53H,4,11-25H2,1-3H3,(H,48,55)(H,56,57)/t27-,42?,43?/m0/s1. The van der Waals surface area contributed by atoms with Crippen LogP contribution in [0.15, 0.2) is 36.4 Å². The Kier molecular flexibility index (Phi) is 10.9. The largest absolute Gasteiger partial charge is 0.481 e. The molecule has 2 saturated carbocycles. The smallest absolute Gasteiger partial charge is 0.309 e. The van der Waals surface area contributed by atoms with Gasteiger partial charge in [0.05, 0.1) is 38.6 Å². The number of carbonyl (C=O) groups is 3. The first-order chi connectivity index (χ1) is 27.3. The van der Waals surface area contributed by atoms with Crippen LogP contribution in [0.25, 0.3) is 11.1 Å². The van der Waals surface area contributed by atoms with Crippen LogP contribution >= 0.6 is 23.2 Å². The third-order valence-electron chi connectivity index (χ3n) is 13.4. The maximum atomic E-state index is 13.8. The molecule has 4 aromatic rings. The number of β-amino-alcohol motifs (C(OH)–C–C–N with tert-alkyl or cyclic N) is 1. The van der Waals surface area contributed by atoms with Crippen molar-refractivity contribution >= 4 is 46.5 Å². The van der Waals surface area contributed by atoms with Crippen molar-refractivity contribution in [3.8, 4) is 11.1 Å². The zero-order chi connectivity index (χ0) is 40.2. The second kappa shape index (κ2) is 15.6. The molecule has 2 fully saturated rings. The molecule has 2 aromatic carbocycles. The molecule has 3 N–H and O–H groups in total. The van der Waals surface area contributed by atoms with Crippen molar-refractivity contribution in [3.05, 3.63) is 86.4 Å². The number of rotatable bonds is 13. The summed E-state index contributed by atoms with van der Waals surface area (Å²) in [4.78, 5) is 53.5. The predicted octanol–water partition coefficient (Wildman–Crippen LogP) is 6.72. The molecule has 0 unspecified atom stereocenters. The molecule has 4 aliphatic rings. The Bertz CT molecular complexity index is 2240. The van der Waals surface area contributed by atoms with Crippen LogP contribution in [-0.4, -0.2) is 89.1 Å². The highest BCUT2D eigenvalue weighted by atomic mass is 35.5. The highest BCUT2D eigenvalue weighted by molar-refractivity contribution is 6.39. The van der Waals surface area contributed by atoms with Gasteiger partial charge < -0.3 is 24.7 Å². The number of carboxylic acid groups (broad SMARTS) is 1. The third kappa shape index (κ3) is 7.44. The molecule has 57 heavy (non-hydrogen) atoms. The van der Waals surface area contributed by atoms with Crippen LogP contribution in [0.2, 0.25) is 10.0 Å². The van der Waals surface area contributed by atoms with Crippen molar-refractivity contribution in [2.24, 2.45) is 24.9 Å². The molecule has 1 amide bonds. The van der Waals surface area contributed by atoms with Crippen LogP contribution in [0, 0.1) is 10.8 Å². The number of nitrogens with zero attached hydrogens (tertiary/aromatic N) is 6. The average molecular weight is 817 g/mol. The van der Waals surface area contributed by atoms with Crippen LogP contribution in [0.4, 0.5) is 5.69 Å². The number of aliphatic carboxylic acids is 1. The molecule has 0 radical (unpaired) electrons. The molecule has 8 rings (SSSR count). The van der Waals surface area contributed by atoms with Crippen LogP contribution in [0.1, 0.15) is 101 Å². The van der Waals surface area contributed by atoms with Gasteiger partial charge in [0.2, 0.25) is 5.78 Å². The highest BCUT2D eigenvalue weighted by Gasteiger charge is 2.57. The summed E-state index contributed by atoms with van der Waals surface area (Å²) in [7, 11) is 3.75. The Morgan fingerprint density at radius 2 is 1.47 bits per heavy atom. The minimum Gasteiger partial charge on any atom is -0.481 e. The number of benzene rings is 2. The van der Waals surface area contributed by atoms with Gasteiger partial charge in [0.1, 0.15) is 0 Å². The number of aromatic nitrogens is 4. The van der Waals surface area contributed by atoms with Crippen molar-refractivity contribution in [2.45, 2.75) is 90.3 Å². The number of aliphatic hydroxyl groups excluding tert-OH is 1. The number of hydrogen-bond acceptors (Lipinski definition) is 8. The number of imidazole rings is 2. The zero-order valence-corrected chi connectivity index (χ0v) is 34.4. The molecule has 2 aliphatic heterocycles. The second-order valence-corrected chi connectivity index (χ2v) is 17.6. The molecule has 12 nitrogen and oxygen atoms in total. The summed E-state index contributed by atoms with van der Waals surface area (Å²) in [5.74, 6) is -0.451. The number of Topliss-reactive ketones (excluding diaryl/α,β-unsaturated/α-hetero) is 1. The van der Waals surface area contributed by atoms with E-state index in [2.05, 4.69) is 15.1 Å². The first kappa shape index (κ1) is 39.7. The number of carboxylic acids is 1. The van der Waals surface area contributed by atoms with E-state index in [0.717, 1.165) is 93.8 Å². The lowest BCUT2D eigenvalue weighted by Crippen LogP contribution is -2.36. The van der Waals surface area contributed by atoms with Gasteiger partial charge in [-0.3, -0.25) is 24.2 Å². The second-order valence-electron chi connectivity index (χ2n) is 16.9. The van der Waals surface area contributed by atoms with Gasteiger partial charge >= 0.3 is 5.97 Å². The number of anilines is 1. The monoisotopic (exact) mass is 815 g/mol. The molecule has 2 aliphatic carbocycles. The lowest BCUT2D eigenvalue weighted by atomic mass is 9.80. The van der Waals surface area contributed by atoms with Crippen molar-refractivity contribution in [1.29, 1.82) is 0 Å². The quantitative estimate of drug-likeness (QED) is 0.125. The van der Waals surface area contributed by atoms with Crippen LogP contribution in [-0.2, 0) is 51.2 Å². The summed E-state index contributed by atoms with van der Waals surface area (Å²) >= 11 is 14.0. The Morgan fingerprint density at radius 1 is 0.860 bits per heavy atom.